The number of pyridine rings is 1. The number of ether oxygens (including phenoxy) is 1. The molecule has 1 aromatic carbocycles. The Balaban J connectivity index is 1.46. The number of hydrogen-bond acceptors (Lipinski definition) is 8. The monoisotopic (exact) mass is 472 g/mol. The van der Waals surface area contributed by atoms with Gasteiger partial charge in [0.2, 0.25) is 5.95 Å². The fraction of sp³-hybridized carbons (Fsp3) is 0.444. The Morgan fingerprint density at radius 3 is 2.40 bits per heavy atom. The molecular weight excluding hydrogens is 440 g/mol. The lowest BCUT2D eigenvalue weighted by molar-refractivity contribution is 0.122. The Kier molecular flexibility index (Phi) is 5.90. The molecule has 8 heteroatoms. The summed E-state index contributed by atoms with van der Waals surface area (Å²) in [4.78, 5) is 21.1. The minimum Gasteiger partial charge on any atom is -0.506 e. The number of aryl methyl sites for hydroxylation is 1. The molecule has 0 bridgehead atoms. The van der Waals surface area contributed by atoms with Crippen molar-refractivity contribution >= 4 is 23.1 Å². The molecule has 3 aromatic rings. The van der Waals surface area contributed by atoms with Crippen molar-refractivity contribution in [3.63, 3.8) is 0 Å². The fourth-order valence-corrected chi connectivity index (χ4v) is 5.59. The summed E-state index contributed by atoms with van der Waals surface area (Å²) in [5.41, 5.74) is 6.12. The smallest absolute Gasteiger partial charge is 0.228 e. The number of benzene rings is 1. The number of rotatable bonds is 4. The van der Waals surface area contributed by atoms with Crippen LogP contribution in [0.2, 0.25) is 0 Å². The number of nitrogens with zero attached hydrogens (tertiary/aromatic N) is 6. The van der Waals surface area contributed by atoms with Crippen LogP contribution in [-0.4, -0.2) is 66.0 Å². The van der Waals surface area contributed by atoms with E-state index in [9.17, 15) is 5.11 Å². The number of piperidine rings is 1. The number of fused-ring (bicyclic) bond motifs is 1. The van der Waals surface area contributed by atoms with Crippen molar-refractivity contribution in [3.05, 3.63) is 47.8 Å². The van der Waals surface area contributed by atoms with Gasteiger partial charge in [0.05, 0.1) is 24.6 Å². The van der Waals surface area contributed by atoms with E-state index in [0.29, 0.717) is 19.0 Å². The fourth-order valence-electron chi connectivity index (χ4n) is 5.59. The van der Waals surface area contributed by atoms with E-state index < -0.39 is 0 Å². The van der Waals surface area contributed by atoms with E-state index in [1.54, 1.807) is 0 Å². The van der Waals surface area contributed by atoms with Crippen molar-refractivity contribution in [1.82, 2.24) is 15.0 Å². The number of anilines is 4. The first-order valence-corrected chi connectivity index (χ1v) is 12.7. The van der Waals surface area contributed by atoms with Gasteiger partial charge >= 0.3 is 0 Å². The minimum atomic E-state index is 0.339. The summed E-state index contributed by atoms with van der Waals surface area (Å²) in [6.07, 6.45) is 8.10. The van der Waals surface area contributed by atoms with Crippen molar-refractivity contribution in [2.75, 3.05) is 60.6 Å². The zero-order valence-corrected chi connectivity index (χ0v) is 20.3. The summed E-state index contributed by atoms with van der Waals surface area (Å²) in [5.74, 6) is 2.01. The summed E-state index contributed by atoms with van der Waals surface area (Å²) >= 11 is 0. The number of hydrogen-bond donors (Lipinski definition) is 1. The van der Waals surface area contributed by atoms with Crippen LogP contribution in [0.3, 0.4) is 0 Å². The van der Waals surface area contributed by atoms with Crippen LogP contribution in [-0.2, 0) is 11.2 Å². The van der Waals surface area contributed by atoms with Gasteiger partial charge in [-0.3, -0.25) is 4.98 Å². The Bertz CT molecular complexity index is 1180. The standard InChI is InChI=1S/C27H32N6O2/c1-19-17-20(18-23(34)25(19)31-10-3-2-4-11-31)24-22-7-12-33(21-5-8-28-9-6-21)26(22)30-27(29-24)32-13-15-35-16-14-32/h5-6,8-9,17-18,34H,2-4,7,10-16H2,1H3. The molecule has 3 aliphatic heterocycles. The van der Waals surface area contributed by atoms with Gasteiger partial charge in [0, 0.05) is 61.9 Å². The number of aromatic hydroxyl groups is 1. The van der Waals surface area contributed by atoms with Gasteiger partial charge in [-0.1, -0.05) is 0 Å². The zero-order chi connectivity index (χ0) is 23.8. The molecule has 0 unspecified atom stereocenters. The largest absolute Gasteiger partial charge is 0.506 e. The van der Waals surface area contributed by atoms with Crippen LogP contribution in [0.15, 0.2) is 36.7 Å². The Morgan fingerprint density at radius 1 is 0.886 bits per heavy atom. The third-order valence-corrected chi connectivity index (χ3v) is 7.31. The lowest BCUT2D eigenvalue weighted by atomic mass is 10.00. The van der Waals surface area contributed by atoms with Crippen LogP contribution in [0.5, 0.6) is 5.75 Å². The molecule has 0 atom stereocenters. The Hall–Kier alpha value is -3.39. The van der Waals surface area contributed by atoms with E-state index in [4.69, 9.17) is 14.7 Å². The van der Waals surface area contributed by atoms with E-state index in [0.717, 1.165) is 84.7 Å². The number of aromatic nitrogens is 3. The van der Waals surface area contributed by atoms with E-state index in [1.165, 1.54) is 19.3 Å². The molecule has 0 aliphatic carbocycles. The highest BCUT2D eigenvalue weighted by Gasteiger charge is 2.30. The molecule has 0 saturated carbocycles. The van der Waals surface area contributed by atoms with E-state index in [1.807, 2.05) is 30.6 Å². The molecule has 2 saturated heterocycles. The first-order chi connectivity index (χ1) is 17.2. The van der Waals surface area contributed by atoms with Crippen LogP contribution in [0.4, 0.5) is 23.1 Å². The second kappa shape index (κ2) is 9.34. The molecule has 182 valence electrons. The van der Waals surface area contributed by atoms with Gasteiger partial charge in [-0.2, -0.15) is 4.98 Å². The maximum absolute atomic E-state index is 11.2. The number of morpholine rings is 1. The van der Waals surface area contributed by atoms with Gasteiger partial charge in [0.1, 0.15) is 11.6 Å². The highest BCUT2D eigenvalue weighted by atomic mass is 16.5. The zero-order valence-electron chi connectivity index (χ0n) is 20.3. The number of phenolic OH excluding ortho intramolecular Hbond substituents is 1. The van der Waals surface area contributed by atoms with Gasteiger partial charge in [0.15, 0.2) is 0 Å². The van der Waals surface area contributed by atoms with Crippen molar-refractivity contribution in [3.8, 4) is 17.0 Å². The molecular formula is C27H32N6O2. The Labute approximate surface area is 206 Å². The van der Waals surface area contributed by atoms with Crippen molar-refractivity contribution in [1.29, 1.82) is 0 Å². The quantitative estimate of drug-likeness (QED) is 0.609. The maximum Gasteiger partial charge on any atom is 0.228 e. The molecule has 1 N–H and O–H groups in total. The maximum atomic E-state index is 11.2. The van der Waals surface area contributed by atoms with Crippen LogP contribution in [0.25, 0.3) is 11.3 Å². The van der Waals surface area contributed by atoms with Crippen molar-refractivity contribution in [2.24, 2.45) is 0 Å². The van der Waals surface area contributed by atoms with Crippen LogP contribution in [0, 0.1) is 6.92 Å². The van der Waals surface area contributed by atoms with E-state index in [-0.39, 0.29) is 0 Å². The topological polar surface area (TPSA) is 77.8 Å². The second-order valence-corrected chi connectivity index (χ2v) is 9.59. The van der Waals surface area contributed by atoms with Crippen LogP contribution in [0.1, 0.15) is 30.4 Å². The van der Waals surface area contributed by atoms with Crippen LogP contribution < -0.4 is 14.7 Å². The lowest BCUT2D eigenvalue weighted by Gasteiger charge is -2.31. The van der Waals surface area contributed by atoms with Gasteiger partial charge in [-0.15, -0.1) is 0 Å². The number of phenols is 1. The summed E-state index contributed by atoms with van der Waals surface area (Å²) in [6, 6.07) is 8.13. The van der Waals surface area contributed by atoms with Crippen molar-refractivity contribution < 1.29 is 9.84 Å². The average molecular weight is 473 g/mol. The normalized spacial score (nSPS) is 18.1. The Morgan fingerprint density at radius 2 is 1.66 bits per heavy atom. The molecule has 0 amide bonds. The third-order valence-electron chi connectivity index (χ3n) is 7.31. The van der Waals surface area contributed by atoms with Gasteiger partial charge in [-0.25, -0.2) is 4.98 Å². The molecule has 0 spiro atoms. The van der Waals surface area contributed by atoms with Crippen molar-refractivity contribution in [2.45, 2.75) is 32.6 Å². The first-order valence-electron chi connectivity index (χ1n) is 12.7. The summed E-state index contributed by atoms with van der Waals surface area (Å²) in [7, 11) is 0. The van der Waals surface area contributed by atoms with Gasteiger partial charge < -0.3 is 24.5 Å². The highest BCUT2D eigenvalue weighted by Crippen LogP contribution is 2.42. The molecule has 35 heavy (non-hydrogen) atoms. The molecule has 3 aliphatic rings. The van der Waals surface area contributed by atoms with Crippen LogP contribution >= 0.6 is 0 Å². The summed E-state index contributed by atoms with van der Waals surface area (Å²) in [6.45, 7) is 7.82. The lowest BCUT2D eigenvalue weighted by Crippen LogP contribution is -2.37. The second-order valence-electron chi connectivity index (χ2n) is 9.59. The SMILES string of the molecule is Cc1cc(-c2nc(N3CCOCC3)nc3c2CCN3c2ccncc2)cc(O)c1N1CCCCC1. The predicted octanol–water partition coefficient (Wildman–Crippen LogP) is 4.07. The summed E-state index contributed by atoms with van der Waals surface area (Å²) < 4.78 is 5.57. The molecule has 6 rings (SSSR count). The molecule has 2 aromatic heterocycles. The van der Waals surface area contributed by atoms with E-state index >= 15 is 0 Å². The first kappa shape index (κ1) is 22.1. The predicted molar refractivity (Wildman–Crippen MR) is 138 cm³/mol. The minimum absolute atomic E-state index is 0.339. The third kappa shape index (κ3) is 4.16. The molecule has 0 radical (unpaired) electrons. The summed E-state index contributed by atoms with van der Waals surface area (Å²) in [5, 5.41) is 11.2. The van der Waals surface area contributed by atoms with E-state index in [2.05, 4.69) is 32.7 Å². The average Bonchev–Trinajstić information content (AvgIpc) is 3.33. The highest BCUT2D eigenvalue weighted by molar-refractivity contribution is 5.80. The molecule has 5 heterocycles. The van der Waals surface area contributed by atoms with Gasteiger partial charge in [0.25, 0.3) is 0 Å². The van der Waals surface area contributed by atoms with Gasteiger partial charge in [-0.05, 0) is 62.4 Å². The molecule has 8 nitrogen and oxygen atoms in total. The molecule has 2 fully saturated rings.